The SMILES string of the molecule is CC(C)(C)OC(=O)N[C@@H]1CCOC(=O)[C@H]1CO[Si](C)(C)C(C)(C)C. The quantitative estimate of drug-likeness (QED) is 0.614. The Morgan fingerprint density at radius 3 is 2.33 bits per heavy atom. The molecule has 1 heterocycles. The van der Waals surface area contributed by atoms with Gasteiger partial charge in [-0.15, -0.1) is 0 Å². The summed E-state index contributed by atoms with van der Waals surface area (Å²) < 4.78 is 16.6. The largest absolute Gasteiger partial charge is 0.465 e. The summed E-state index contributed by atoms with van der Waals surface area (Å²) in [5.41, 5.74) is -0.577. The van der Waals surface area contributed by atoms with E-state index in [0.29, 0.717) is 13.0 Å². The molecule has 0 unspecified atom stereocenters. The first-order valence-electron chi connectivity index (χ1n) is 8.53. The van der Waals surface area contributed by atoms with Crippen LogP contribution >= 0.6 is 0 Å². The van der Waals surface area contributed by atoms with Gasteiger partial charge in [-0.05, 0) is 38.9 Å². The van der Waals surface area contributed by atoms with Crippen LogP contribution in [0.2, 0.25) is 18.1 Å². The van der Waals surface area contributed by atoms with Crippen LogP contribution in [0.5, 0.6) is 0 Å². The summed E-state index contributed by atoms with van der Waals surface area (Å²) in [5, 5.41) is 2.86. The lowest BCUT2D eigenvalue weighted by molar-refractivity contribution is -0.156. The van der Waals surface area contributed by atoms with Crippen molar-refractivity contribution in [1.29, 1.82) is 0 Å². The summed E-state index contributed by atoms with van der Waals surface area (Å²) in [6, 6.07) is -0.328. The molecule has 0 aromatic heterocycles. The molecule has 0 aliphatic carbocycles. The molecule has 1 amide bonds. The van der Waals surface area contributed by atoms with Crippen LogP contribution in [0, 0.1) is 5.92 Å². The molecule has 1 N–H and O–H groups in total. The lowest BCUT2D eigenvalue weighted by Crippen LogP contribution is -2.52. The molecule has 1 aliphatic heterocycles. The number of amides is 1. The van der Waals surface area contributed by atoms with E-state index in [2.05, 4.69) is 39.2 Å². The predicted octanol–water partition coefficient (Wildman–Crippen LogP) is 3.46. The molecule has 0 spiro atoms. The fraction of sp³-hybridized carbons (Fsp3) is 0.882. The van der Waals surface area contributed by atoms with E-state index in [1.54, 1.807) is 20.8 Å². The first-order valence-corrected chi connectivity index (χ1v) is 11.4. The monoisotopic (exact) mass is 359 g/mol. The van der Waals surface area contributed by atoms with Crippen molar-refractivity contribution >= 4 is 20.4 Å². The first kappa shape index (κ1) is 21.0. The predicted molar refractivity (Wildman–Crippen MR) is 95.4 cm³/mol. The number of rotatable bonds is 4. The van der Waals surface area contributed by atoms with Crippen molar-refractivity contribution in [3.8, 4) is 0 Å². The van der Waals surface area contributed by atoms with Gasteiger partial charge in [-0.3, -0.25) is 4.79 Å². The lowest BCUT2D eigenvalue weighted by Gasteiger charge is -2.39. The highest BCUT2D eigenvalue weighted by atomic mass is 28.4. The first-order chi connectivity index (χ1) is 10.7. The molecule has 6 nitrogen and oxygen atoms in total. The maximum absolute atomic E-state index is 12.2. The maximum Gasteiger partial charge on any atom is 0.407 e. The Bertz CT molecular complexity index is 465. The third-order valence-corrected chi connectivity index (χ3v) is 9.09. The topological polar surface area (TPSA) is 73.9 Å². The van der Waals surface area contributed by atoms with Gasteiger partial charge in [-0.1, -0.05) is 20.8 Å². The Hall–Kier alpha value is -1.08. The maximum atomic E-state index is 12.2. The summed E-state index contributed by atoms with van der Waals surface area (Å²) in [6.45, 7) is 16.7. The lowest BCUT2D eigenvalue weighted by atomic mass is 9.96. The molecular weight excluding hydrogens is 326 g/mol. The molecule has 1 saturated heterocycles. The van der Waals surface area contributed by atoms with Crippen LogP contribution in [0.1, 0.15) is 48.0 Å². The van der Waals surface area contributed by atoms with Gasteiger partial charge in [0.05, 0.1) is 18.6 Å². The number of cyclic esters (lactones) is 1. The van der Waals surface area contributed by atoms with Crippen LogP contribution in [-0.4, -0.2) is 45.2 Å². The molecule has 0 aromatic rings. The summed E-state index contributed by atoms with van der Waals surface area (Å²) in [5.74, 6) is -0.818. The standard InChI is InChI=1S/C17H33NO5Si/c1-16(2,3)23-15(20)18-13-9-10-21-14(19)12(13)11-22-24(7,8)17(4,5)6/h12-13H,9-11H2,1-8H3,(H,18,20)/t12-,13+/m0/s1. The number of esters is 1. The molecule has 140 valence electrons. The highest BCUT2D eigenvalue weighted by Crippen LogP contribution is 2.37. The van der Waals surface area contributed by atoms with Gasteiger partial charge < -0.3 is 19.2 Å². The van der Waals surface area contributed by atoms with Crippen LogP contribution in [0.3, 0.4) is 0 Å². The Morgan fingerprint density at radius 1 is 1.25 bits per heavy atom. The minimum absolute atomic E-state index is 0.0552. The van der Waals surface area contributed by atoms with E-state index in [-0.39, 0.29) is 23.7 Å². The van der Waals surface area contributed by atoms with Crippen LogP contribution in [0.4, 0.5) is 4.79 Å². The zero-order valence-corrected chi connectivity index (χ0v) is 17.3. The van der Waals surface area contributed by atoms with Gasteiger partial charge in [0.15, 0.2) is 8.32 Å². The number of ether oxygens (including phenoxy) is 2. The zero-order valence-electron chi connectivity index (χ0n) is 16.3. The Labute approximate surface area is 146 Å². The number of nitrogens with one attached hydrogen (secondary N) is 1. The Kier molecular flexibility index (Phi) is 6.49. The van der Waals surface area contributed by atoms with Gasteiger partial charge >= 0.3 is 12.1 Å². The van der Waals surface area contributed by atoms with Crippen molar-refractivity contribution in [2.45, 2.75) is 77.7 Å². The van der Waals surface area contributed by atoms with Crippen molar-refractivity contribution in [2.24, 2.45) is 5.92 Å². The van der Waals surface area contributed by atoms with Crippen molar-refractivity contribution in [3.05, 3.63) is 0 Å². The smallest absolute Gasteiger partial charge is 0.407 e. The minimum atomic E-state index is -1.98. The molecule has 1 aliphatic rings. The zero-order chi connectivity index (χ0) is 18.8. The van der Waals surface area contributed by atoms with Gasteiger partial charge in [-0.2, -0.15) is 0 Å². The molecule has 1 rings (SSSR count). The van der Waals surface area contributed by atoms with Gasteiger partial charge in [0.25, 0.3) is 0 Å². The second kappa shape index (κ2) is 7.43. The third-order valence-electron chi connectivity index (χ3n) is 4.59. The average molecular weight is 360 g/mol. The van der Waals surface area contributed by atoms with Crippen molar-refractivity contribution < 1.29 is 23.5 Å². The minimum Gasteiger partial charge on any atom is -0.465 e. The van der Waals surface area contributed by atoms with Gasteiger partial charge in [0, 0.05) is 13.0 Å². The number of hydrogen-bond donors (Lipinski definition) is 1. The second-order valence-electron chi connectivity index (χ2n) is 8.89. The van der Waals surface area contributed by atoms with E-state index < -0.39 is 25.9 Å². The van der Waals surface area contributed by atoms with Crippen LogP contribution in [-0.2, 0) is 18.7 Å². The number of hydrogen-bond acceptors (Lipinski definition) is 5. The van der Waals surface area contributed by atoms with Crippen molar-refractivity contribution in [1.82, 2.24) is 5.32 Å². The summed E-state index contributed by atoms with van der Waals surface area (Å²) >= 11 is 0. The van der Waals surface area contributed by atoms with Crippen molar-refractivity contribution in [2.75, 3.05) is 13.2 Å². The Balaban J connectivity index is 2.73. The van der Waals surface area contributed by atoms with Gasteiger partial charge in [0.2, 0.25) is 0 Å². The van der Waals surface area contributed by atoms with E-state index in [1.807, 2.05) is 0 Å². The van der Waals surface area contributed by atoms with E-state index in [1.165, 1.54) is 0 Å². The molecule has 0 radical (unpaired) electrons. The highest BCUT2D eigenvalue weighted by Gasteiger charge is 2.41. The van der Waals surface area contributed by atoms with Crippen LogP contribution in [0.25, 0.3) is 0 Å². The number of alkyl carbamates (subject to hydrolysis) is 1. The van der Waals surface area contributed by atoms with E-state index in [4.69, 9.17) is 13.9 Å². The molecule has 24 heavy (non-hydrogen) atoms. The number of carbonyl (C=O) groups is 2. The fourth-order valence-electron chi connectivity index (χ4n) is 2.09. The summed E-state index contributed by atoms with van der Waals surface area (Å²) in [7, 11) is -1.98. The molecule has 2 atom stereocenters. The molecule has 0 bridgehead atoms. The van der Waals surface area contributed by atoms with Crippen LogP contribution in [0.15, 0.2) is 0 Å². The van der Waals surface area contributed by atoms with E-state index in [9.17, 15) is 9.59 Å². The molecule has 0 saturated carbocycles. The average Bonchev–Trinajstić information content (AvgIpc) is 2.34. The Morgan fingerprint density at radius 2 is 1.83 bits per heavy atom. The van der Waals surface area contributed by atoms with Gasteiger partial charge in [0.1, 0.15) is 5.60 Å². The highest BCUT2D eigenvalue weighted by molar-refractivity contribution is 6.74. The third kappa shape index (κ3) is 6.09. The second-order valence-corrected chi connectivity index (χ2v) is 13.7. The summed E-state index contributed by atoms with van der Waals surface area (Å²) in [4.78, 5) is 24.2. The van der Waals surface area contributed by atoms with E-state index >= 15 is 0 Å². The molecule has 0 aromatic carbocycles. The van der Waals surface area contributed by atoms with Crippen LogP contribution < -0.4 is 5.32 Å². The van der Waals surface area contributed by atoms with Crippen molar-refractivity contribution in [3.63, 3.8) is 0 Å². The molecule has 7 heteroatoms. The molecular formula is C17H33NO5Si. The van der Waals surface area contributed by atoms with Gasteiger partial charge in [-0.25, -0.2) is 4.79 Å². The fourth-order valence-corrected chi connectivity index (χ4v) is 3.12. The summed E-state index contributed by atoms with van der Waals surface area (Å²) in [6.07, 6.45) is 0.0517. The number of carbonyl (C=O) groups excluding carboxylic acids is 2. The van der Waals surface area contributed by atoms with E-state index in [0.717, 1.165) is 0 Å². The normalized spacial score (nSPS) is 22.8. The molecule has 1 fully saturated rings.